The van der Waals surface area contributed by atoms with Gasteiger partial charge in [0.1, 0.15) is 38.5 Å². The number of piperazine rings is 1. The number of hydrogen-bond donors (Lipinski definition) is 2. The van der Waals surface area contributed by atoms with E-state index in [4.69, 9.17) is 11.6 Å². The molecule has 0 unspecified atom stereocenters. The van der Waals surface area contributed by atoms with E-state index in [0.29, 0.717) is 17.1 Å². The second-order valence-corrected chi connectivity index (χ2v) is 6.80. The Kier molecular flexibility index (Phi) is 6.02. The van der Waals surface area contributed by atoms with Crippen molar-refractivity contribution in [2.24, 2.45) is 0 Å². The minimum atomic E-state index is -0.185. The van der Waals surface area contributed by atoms with Gasteiger partial charge >= 0.3 is 0 Å². The maximum Gasteiger partial charge on any atom is 0.133 e. The quantitative estimate of drug-likeness (QED) is 0.811. The highest BCUT2D eigenvalue weighted by atomic mass is 35.5. The van der Waals surface area contributed by atoms with Crippen LogP contribution in [-0.4, -0.2) is 32.7 Å². The monoisotopic (exact) mass is 346 g/mol. The molecule has 0 atom stereocenters. The molecule has 0 aliphatic carbocycles. The lowest BCUT2D eigenvalue weighted by molar-refractivity contribution is -1.02. The molecule has 2 nitrogen and oxygen atoms in total. The first-order valence-corrected chi connectivity index (χ1v) is 8.92. The van der Waals surface area contributed by atoms with Gasteiger partial charge in [-0.1, -0.05) is 54.1 Å². The molecule has 4 heteroatoms. The fourth-order valence-corrected chi connectivity index (χ4v) is 3.44. The van der Waals surface area contributed by atoms with Crippen molar-refractivity contribution in [1.29, 1.82) is 0 Å². The van der Waals surface area contributed by atoms with E-state index in [1.807, 2.05) is 6.07 Å². The van der Waals surface area contributed by atoms with Crippen molar-refractivity contribution < 1.29 is 14.2 Å². The van der Waals surface area contributed by atoms with E-state index in [2.05, 4.69) is 36.4 Å². The van der Waals surface area contributed by atoms with Crippen molar-refractivity contribution >= 4 is 17.7 Å². The third-order valence-electron chi connectivity index (χ3n) is 4.67. The Labute approximate surface area is 148 Å². The summed E-state index contributed by atoms with van der Waals surface area (Å²) in [5.74, 6) is -0.185. The molecule has 1 fully saturated rings. The third kappa shape index (κ3) is 4.67. The summed E-state index contributed by atoms with van der Waals surface area (Å²) >= 11 is 6.14. The van der Waals surface area contributed by atoms with Crippen LogP contribution >= 0.6 is 11.6 Å². The molecule has 1 heterocycles. The SMILES string of the molecule is Fc1cccc(Cl)c1C[NH+]1CC[NH+](C/C=C/c2ccccc2)CC1. The molecule has 24 heavy (non-hydrogen) atoms. The minimum absolute atomic E-state index is 0.185. The van der Waals surface area contributed by atoms with E-state index in [0.717, 1.165) is 32.7 Å². The lowest BCUT2D eigenvalue weighted by Crippen LogP contribution is -3.27. The molecular weight excluding hydrogens is 323 g/mol. The zero-order valence-electron chi connectivity index (χ0n) is 13.8. The van der Waals surface area contributed by atoms with Gasteiger partial charge in [-0.05, 0) is 23.8 Å². The predicted molar refractivity (Wildman–Crippen MR) is 96.9 cm³/mol. The van der Waals surface area contributed by atoms with Crippen LogP contribution in [0.1, 0.15) is 11.1 Å². The van der Waals surface area contributed by atoms with Crippen LogP contribution in [0.25, 0.3) is 6.08 Å². The van der Waals surface area contributed by atoms with E-state index in [9.17, 15) is 4.39 Å². The molecule has 0 radical (unpaired) electrons. The van der Waals surface area contributed by atoms with Crippen molar-refractivity contribution in [2.75, 3.05) is 32.7 Å². The second-order valence-electron chi connectivity index (χ2n) is 6.39. The van der Waals surface area contributed by atoms with Crippen LogP contribution in [0.15, 0.2) is 54.6 Å². The van der Waals surface area contributed by atoms with Gasteiger partial charge in [0.05, 0.1) is 17.1 Å². The average Bonchev–Trinajstić information content (AvgIpc) is 2.61. The largest absolute Gasteiger partial charge is 0.322 e. The Morgan fingerprint density at radius 2 is 1.62 bits per heavy atom. The zero-order chi connectivity index (χ0) is 16.8. The van der Waals surface area contributed by atoms with Crippen molar-refractivity contribution in [1.82, 2.24) is 0 Å². The van der Waals surface area contributed by atoms with E-state index in [1.54, 1.807) is 17.0 Å². The summed E-state index contributed by atoms with van der Waals surface area (Å²) in [6.45, 7) is 6.06. The first kappa shape index (κ1) is 17.2. The van der Waals surface area contributed by atoms with Crippen LogP contribution in [0.2, 0.25) is 5.02 Å². The van der Waals surface area contributed by atoms with E-state index >= 15 is 0 Å². The van der Waals surface area contributed by atoms with Gasteiger partial charge in [-0.2, -0.15) is 0 Å². The van der Waals surface area contributed by atoms with Gasteiger partial charge in [0.15, 0.2) is 0 Å². The average molecular weight is 347 g/mol. The lowest BCUT2D eigenvalue weighted by Gasteiger charge is -2.29. The standard InChI is InChI=1S/C20H22ClFN2/c21-19-9-4-10-20(22)18(19)16-24-14-12-23(13-15-24)11-5-8-17-6-2-1-3-7-17/h1-10H,11-16H2/p+2/b8-5+. The van der Waals surface area contributed by atoms with Crippen molar-refractivity contribution in [2.45, 2.75) is 6.54 Å². The minimum Gasteiger partial charge on any atom is -0.322 e. The summed E-state index contributed by atoms with van der Waals surface area (Å²) in [6.07, 6.45) is 4.44. The molecule has 0 spiro atoms. The zero-order valence-corrected chi connectivity index (χ0v) is 14.5. The summed E-state index contributed by atoms with van der Waals surface area (Å²) in [7, 11) is 0. The highest BCUT2D eigenvalue weighted by Gasteiger charge is 2.23. The molecule has 3 rings (SSSR count). The summed E-state index contributed by atoms with van der Waals surface area (Å²) in [5, 5.41) is 0.545. The predicted octanol–water partition coefficient (Wildman–Crippen LogP) is 1.48. The summed E-state index contributed by atoms with van der Waals surface area (Å²) in [4.78, 5) is 3.00. The third-order valence-corrected chi connectivity index (χ3v) is 5.02. The van der Waals surface area contributed by atoms with Crippen LogP contribution in [0, 0.1) is 5.82 Å². The van der Waals surface area contributed by atoms with E-state index in [-0.39, 0.29) is 5.82 Å². The van der Waals surface area contributed by atoms with Crippen LogP contribution in [0.3, 0.4) is 0 Å². The molecule has 0 amide bonds. The summed E-state index contributed by atoms with van der Waals surface area (Å²) in [5.41, 5.74) is 1.90. The molecule has 2 aromatic carbocycles. The van der Waals surface area contributed by atoms with Crippen molar-refractivity contribution in [3.63, 3.8) is 0 Å². The molecule has 1 saturated heterocycles. The maximum absolute atomic E-state index is 13.9. The number of rotatable bonds is 5. The molecule has 0 bridgehead atoms. The van der Waals surface area contributed by atoms with E-state index < -0.39 is 0 Å². The molecule has 126 valence electrons. The Bertz CT molecular complexity index is 659. The lowest BCUT2D eigenvalue weighted by atomic mass is 10.1. The van der Waals surface area contributed by atoms with Gasteiger partial charge in [-0.15, -0.1) is 0 Å². The first-order chi connectivity index (χ1) is 11.7. The molecule has 2 N–H and O–H groups in total. The Hall–Kier alpha value is -1.68. The van der Waals surface area contributed by atoms with Crippen LogP contribution in [0.4, 0.5) is 4.39 Å². The van der Waals surface area contributed by atoms with Gasteiger partial charge in [0, 0.05) is 0 Å². The molecule has 0 aromatic heterocycles. The number of halogens is 2. The van der Waals surface area contributed by atoms with Crippen LogP contribution in [-0.2, 0) is 6.54 Å². The smallest absolute Gasteiger partial charge is 0.133 e. The van der Waals surface area contributed by atoms with Crippen molar-refractivity contribution in [3.8, 4) is 0 Å². The molecule has 2 aromatic rings. The van der Waals surface area contributed by atoms with Gasteiger partial charge in [-0.3, -0.25) is 0 Å². The van der Waals surface area contributed by atoms with Crippen LogP contribution in [0.5, 0.6) is 0 Å². The van der Waals surface area contributed by atoms with Crippen molar-refractivity contribution in [3.05, 3.63) is 76.6 Å². The molecular formula is C20H24ClFN2+2. The van der Waals surface area contributed by atoms with Gasteiger partial charge in [0.25, 0.3) is 0 Å². The second kappa shape index (κ2) is 8.43. The van der Waals surface area contributed by atoms with Crippen LogP contribution < -0.4 is 9.80 Å². The number of benzene rings is 2. The van der Waals surface area contributed by atoms with Gasteiger partial charge < -0.3 is 9.80 Å². The first-order valence-electron chi connectivity index (χ1n) is 8.54. The topological polar surface area (TPSA) is 8.88 Å². The summed E-state index contributed by atoms with van der Waals surface area (Å²) < 4.78 is 13.9. The fraction of sp³-hybridized carbons (Fsp3) is 0.300. The number of nitrogens with one attached hydrogen (secondary N) is 2. The van der Waals surface area contributed by atoms with E-state index in [1.165, 1.54) is 16.5 Å². The number of quaternary nitrogens is 2. The normalized spacial score (nSPS) is 21.2. The molecule has 1 aliphatic heterocycles. The molecule has 1 aliphatic rings. The fourth-order valence-electron chi connectivity index (χ4n) is 3.22. The summed E-state index contributed by atoms with van der Waals surface area (Å²) in [6, 6.07) is 15.3. The number of hydrogen-bond acceptors (Lipinski definition) is 0. The maximum atomic E-state index is 13.9. The van der Waals surface area contributed by atoms with Gasteiger partial charge in [0.2, 0.25) is 0 Å². The van der Waals surface area contributed by atoms with Gasteiger partial charge in [-0.25, -0.2) is 4.39 Å². The highest BCUT2D eigenvalue weighted by molar-refractivity contribution is 6.31. The highest BCUT2D eigenvalue weighted by Crippen LogP contribution is 2.17. The Morgan fingerprint density at radius 1 is 0.917 bits per heavy atom. The Balaban J connectivity index is 1.47. The Morgan fingerprint density at radius 3 is 2.33 bits per heavy atom. The molecule has 0 saturated carbocycles.